The van der Waals surface area contributed by atoms with Crippen molar-refractivity contribution in [2.24, 2.45) is 5.92 Å². The van der Waals surface area contributed by atoms with Crippen molar-refractivity contribution >= 4 is 10.0 Å². The number of nitrogens with one attached hydrogen (secondary N) is 1. The van der Waals surface area contributed by atoms with Gasteiger partial charge in [-0.3, -0.25) is 0 Å². The summed E-state index contributed by atoms with van der Waals surface area (Å²) in [6.45, 7) is 7.09. The van der Waals surface area contributed by atoms with Crippen molar-refractivity contribution in [3.05, 3.63) is 17.9 Å². The maximum atomic E-state index is 11.9. The minimum atomic E-state index is -3.48. The maximum absolute atomic E-state index is 11.9. The molecule has 1 aromatic heterocycles. The van der Waals surface area contributed by atoms with E-state index >= 15 is 0 Å². The topological polar surface area (TPSA) is 62.6 Å². The standard InChI is InChI=1S/C14H26N2O3S/c1-6-11(2)9-12(3)15-10-13-7-8-14(19-13)20(17,18)16(4)5/h7-8,11-12,15H,6,9-10H2,1-5H3. The average molecular weight is 302 g/mol. The highest BCUT2D eigenvalue weighted by Gasteiger charge is 2.21. The molecule has 0 spiro atoms. The molecule has 2 atom stereocenters. The minimum Gasteiger partial charge on any atom is -0.447 e. The molecule has 0 saturated carbocycles. The van der Waals surface area contributed by atoms with Crippen molar-refractivity contribution in [2.45, 2.75) is 51.3 Å². The molecule has 1 N–H and O–H groups in total. The third-order valence-electron chi connectivity index (χ3n) is 3.45. The molecule has 0 amide bonds. The van der Waals surface area contributed by atoms with Gasteiger partial charge in [-0.05, 0) is 31.4 Å². The summed E-state index contributed by atoms with van der Waals surface area (Å²) < 4.78 is 30.3. The predicted octanol–water partition coefficient (Wildman–Crippen LogP) is 2.44. The van der Waals surface area contributed by atoms with Crippen LogP contribution >= 0.6 is 0 Å². The quantitative estimate of drug-likeness (QED) is 0.801. The normalized spacial score (nSPS) is 15.5. The summed E-state index contributed by atoms with van der Waals surface area (Å²) in [5, 5.41) is 3.35. The van der Waals surface area contributed by atoms with E-state index in [-0.39, 0.29) is 5.09 Å². The van der Waals surface area contributed by atoms with Gasteiger partial charge < -0.3 is 9.73 Å². The number of hydrogen-bond donors (Lipinski definition) is 1. The number of hydrogen-bond acceptors (Lipinski definition) is 4. The van der Waals surface area contributed by atoms with Gasteiger partial charge in [0, 0.05) is 20.1 Å². The van der Waals surface area contributed by atoms with Crippen molar-refractivity contribution in [1.82, 2.24) is 9.62 Å². The minimum absolute atomic E-state index is 0.00567. The Labute approximate surface area is 122 Å². The summed E-state index contributed by atoms with van der Waals surface area (Å²) in [5.74, 6) is 1.32. The SMILES string of the molecule is CCC(C)CC(C)NCc1ccc(S(=O)(=O)N(C)C)o1. The van der Waals surface area contributed by atoms with Crippen LogP contribution in [0.25, 0.3) is 0 Å². The van der Waals surface area contributed by atoms with Gasteiger partial charge in [0.2, 0.25) is 5.09 Å². The van der Waals surface area contributed by atoms with E-state index in [2.05, 4.69) is 26.1 Å². The van der Waals surface area contributed by atoms with E-state index < -0.39 is 10.0 Å². The third kappa shape index (κ3) is 4.61. The molecule has 2 unspecified atom stereocenters. The second-order valence-corrected chi connectivity index (χ2v) is 7.62. The Balaban J connectivity index is 2.57. The molecule has 0 saturated heterocycles. The Morgan fingerprint density at radius 3 is 2.50 bits per heavy atom. The predicted molar refractivity (Wildman–Crippen MR) is 80.0 cm³/mol. The van der Waals surface area contributed by atoms with Crippen molar-refractivity contribution in [3.63, 3.8) is 0 Å². The Morgan fingerprint density at radius 2 is 1.95 bits per heavy atom. The van der Waals surface area contributed by atoms with E-state index in [1.165, 1.54) is 20.2 Å². The van der Waals surface area contributed by atoms with Crippen LogP contribution in [0.4, 0.5) is 0 Å². The van der Waals surface area contributed by atoms with Crippen molar-refractivity contribution in [2.75, 3.05) is 14.1 Å². The first kappa shape index (κ1) is 17.2. The monoisotopic (exact) mass is 302 g/mol. The van der Waals surface area contributed by atoms with Crippen LogP contribution in [0.15, 0.2) is 21.6 Å². The van der Waals surface area contributed by atoms with E-state index in [0.29, 0.717) is 24.3 Å². The van der Waals surface area contributed by atoms with Gasteiger partial charge >= 0.3 is 0 Å². The van der Waals surface area contributed by atoms with E-state index in [4.69, 9.17) is 4.42 Å². The van der Waals surface area contributed by atoms with Gasteiger partial charge in [-0.1, -0.05) is 20.3 Å². The first-order chi connectivity index (χ1) is 9.27. The van der Waals surface area contributed by atoms with E-state index in [0.717, 1.165) is 17.1 Å². The zero-order chi connectivity index (χ0) is 15.3. The lowest BCUT2D eigenvalue weighted by molar-refractivity contribution is 0.362. The van der Waals surface area contributed by atoms with Crippen molar-refractivity contribution < 1.29 is 12.8 Å². The molecular formula is C14H26N2O3S. The van der Waals surface area contributed by atoms with Crippen LogP contribution in [0, 0.1) is 5.92 Å². The van der Waals surface area contributed by atoms with Crippen LogP contribution < -0.4 is 5.32 Å². The second kappa shape index (κ2) is 7.24. The lowest BCUT2D eigenvalue weighted by Crippen LogP contribution is -2.27. The Hall–Kier alpha value is -0.850. The summed E-state index contributed by atoms with van der Waals surface area (Å²) in [5.41, 5.74) is 0. The molecule has 0 bridgehead atoms. The van der Waals surface area contributed by atoms with Crippen molar-refractivity contribution in [3.8, 4) is 0 Å². The van der Waals surface area contributed by atoms with Gasteiger partial charge in [0.15, 0.2) is 0 Å². The lowest BCUT2D eigenvalue weighted by atomic mass is 10.0. The Morgan fingerprint density at radius 1 is 1.30 bits per heavy atom. The summed E-state index contributed by atoms with van der Waals surface area (Å²) in [7, 11) is -0.499. The molecule has 6 heteroatoms. The molecule has 116 valence electrons. The third-order valence-corrected chi connectivity index (χ3v) is 5.14. The molecule has 0 radical (unpaired) electrons. The van der Waals surface area contributed by atoms with Gasteiger partial charge in [-0.25, -0.2) is 12.7 Å². The molecule has 0 aliphatic heterocycles. The van der Waals surface area contributed by atoms with Crippen LogP contribution in [0.3, 0.4) is 0 Å². The highest BCUT2D eigenvalue weighted by atomic mass is 32.2. The molecule has 0 fully saturated rings. The van der Waals surface area contributed by atoms with Crippen LogP contribution in [0.5, 0.6) is 0 Å². The fraction of sp³-hybridized carbons (Fsp3) is 0.714. The van der Waals surface area contributed by atoms with Crippen LogP contribution in [0.2, 0.25) is 0 Å². The van der Waals surface area contributed by atoms with Crippen LogP contribution in [-0.4, -0.2) is 32.9 Å². The molecule has 1 rings (SSSR count). The smallest absolute Gasteiger partial charge is 0.275 e. The van der Waals surface area contributed by atoms with Gasteiger partial charge in [0.25, 0.3) is 10.0 Å². The average Bonchev–Trinajstić information content (AvgIpc) is 2.85. The second-order valence-electron chi connectivity index (χ2n) is 5.54. The molecule has 0 aliphatic rings. The van der Waals surface area contributed by atoms with Crippen LogP contribution in [0.1, 0.15) is 39.4 Å². The molecule has 5 nitrogen and oxygen atoms in total. The summed E-state index contributed by atoms with van der Waals surface area (Å²) in [6, 6.07) is 3.59. The fourth-order valence-electron chi connectivity index (χ4n) is 1.90. The zero-order valence-electron chi connectivity index (χ0n) is 13.0. The molecule has 0 aromatic carbocycles. The molecule has 0 aliphatic carbocycles. The zero-order valence-corrected chi connectivity index (χ0v) is 13.8. The maximum Gasteiger partial charge on any atom is 0.275 e. The van der Waals surface area contributed by atoms with Crippen molar-refractivity contribution in [1.29, 1.82) is 0 Å². The number of furan rings is 1. The van der Waals surface area contributed by atoms with Gasteiger partial charge in [-0.2, -0.15) is 0 Å². The van der Waals surface area contributed by atoms with Gasteiger partial charge in [-0.15, -0.1) is 0 Å². The molecule has 1 aromatic rings. The Kier molecular flexibility index (Phi) is 6.23. The summed E-state index contributed by atoms with van der Waals surface area (Å²) >= 11 is 0. The number of nitrogens with zero attached hydrogens (tertiary/aromatic N) is 1. The number of sulfonamides is 1. The van der Waals surface area contributed by atoms with Gasteiger partial charge in [0.1, 0.15) is 5.76 Å². The number of rotatable bonds is 8. The fourth-order valence-corrected chi connectivity index (χ4v) is 2.71. The molecule has 20 heavy (non-hydrogen) atoms. The highest BCUT2D eigenvalue weighted by molar-refractivity contribution is 7.88. The first-order valence-electron chi connectivity index (χ1n) is 7.02. The Bertz CT molecular complexity index is 508. The van der Waals surface area contributed by atoms with Crippen LogP contribution in [-0.2, 0) is 16.6 Å². The lowest BCUT2D eigenvalue weighted by Gasteiger charge is -2.16. The van der Waals surface area contributed by atoms with E-state index in [1.54, 1.807) is 6.07 Å². The first-order valence-corrected chi connectivity index (χ1v) is 8.46. The molecular weight excluding hydrogens is 276 g/mol. The van der Waals surface area contributed by atoms with E-state index in [1.807, 2.05) is 0 Å². The van der Waals surface area contributed by atoms with E-state index in [9.17, 15) is 8.42 Å². The highest BCUT2D eigenvalue weighted by Crippen LogP contribution is 2.17. The van der Waals surface area contributed by atoms with Gasteiger partial charge in [0.05, 0.1) is 6.54 Å². The summed E-state index contributed by atoms with van der Waals surface area (Å²) in [6.07, 6.45) is 2.26. The largest absolute Gasteiger partial charge is 0.447 e. The molecule has 1 heterocycles. The summed E-state index contributed by atoms with van der Waals surface area (Å²) in [4.78, 5) is 0.